The fourth-order valence-corrected chi connectivity index (χ4v) is 4.91. The topological polar surface area (TPSA) is 130 Å². The second-order valence-electron chi connectivity index (χ2n) is 10.4. The highest BCUT2D eigenvalue weighted by Crippen LogP contribution is 2.21. The van der Waals surface area contributed by atoms with Crippen molar-refractivity contribution in [1.82, 2.24) is 15.6 Å². The lowest BCUT2D eigenvalue weighted by molar-refractivity contribution is -0.149. The lowest BCUT2D eigenvalue weighted by Crippen LogP contribution is -2.44. The molecule has 0 saturated carbocycles. The van der Waals surface area contributed by atoms with E-state index in [4.69, 9.17) is 14.6 Å². The summed E-state index contributed by atoms with van der Waals surface area (Å²) >= 11 is 0. The van der Waals surface area contributed by atoms with Crippen LogP contribution in [0.15, 0.2) is 86.1 Å². The zero-order valence-corrected chi connectivity index (χ0v) is 24.6. The van der Waals surface area contributed by atoms with E-state index in [-0.39, 0.29) is 57.2 Å². The lowest BCUT2D eigenvalue weighted by atomic mass is 9.96. The molecule has 0 aliphatic rings. The van der Waals surface area contributed by atoms with Gasteiger partial charge in [0, 0.05) is 30.1 Å². The molecule has 0 spiro atoms. The standard InChI is InChI=1S/C34H43N3O6/c1-3-10-26(22-32(39)35-16-18-42-19-17-38)33(40)37-29(21-28-23-36-31-15-9-8-14-30(28)31)24-43-34(41)27(11-4-2)20-25-12-6-5-7-13-25/h3-9,12-15,23,26-27,29,36,38H,1-2,10-11,16-22,24H2,(H,35,39)(H,37,40)/t26-,27+,29-/m0/s1. The molecule has 3 rings (SSSR count). The first kappa shape index (κ1) is 33.3. The number of carbonyl (C=O) groups excluding carboxylic acids is 3. The van der Waals surface area contributed by atoms with Gasteiger partial charge in [0.2, 0.25) is 11.8 Å². The third kappa shape index (κ3) is 11.2. The van der Waals surface area contributed by atoms with Crippen LogP contribution in [0.2, 0.25) is 0 Å². The van der Waals surface area contributed by atoms with Crippen molar-refractivity contribution in [2.24, 2.45) is 11.8 Å². The fraction of sp³-hybridized carbons (Fsp3) is 0.382. The van der Waals surface area contributed by atoms with Crippen molar-refractivity contribution in [2.45, 2.75) is 38.1 Å². The number of hydrogen-bond acceptors (Lipinski definition) is 6. The number of amides is 2. The summed E-state index contributed by atoms with van der Waals surface area (Å²) in [4.78, 5) is 42.5. The molecular formula is C34H43N3O6. The first-order chi connectivity index (χ1) is 20.9. The summed E-state index contributed by atoms with van der Waals surface area (Å²) in [6, 6.07) is 17.1. The SMILES string of the molecule is C=CC[C@@H](CC(=O)NCCOCCO)C(=O)N[C@H](COC(=O)[C@H](CC=C)Cc1ccccc1)Cc1c[nH]c2ccccc12. The van der Waals surface area contributed by atoms with Gasteiger partial charge in [0.15, 0.2) is 0 Å². The smallest absolute Gasteiger partial charge is 0.309 e. The Balaban J connectivity index is 1.70. The van der Waals surface area contributed by atoms with Crippen LogP contribution in [0.5, 0.6) is 0 Å². The molecule has 3 aromatic rings. The quantitative estimate of drug-likeness (QED) is 0.0900. The van der Waals surface area contributed by atoms with Crippen LogP contribution < -0.4 is 10.6 Å². The molecule has 0 aliphatic carbocycles. The number of aromatic nitrogens is 1. The molecule has 4 N–H and O–H groups in total. The van der Waals surface area contributed by atoms with Crippen LogP contribution in [0.4, 0.5) is 0 Å². The Kier molecular flexibility index (Phi) is 14.2. The van der Waals surface area contributed by atoms with Crippen LogP contribution in [0.3, 0.4) is 0 Å². The van der Waals surface area contributed by atoms with Gasteiger partial charge in [-0.25, -0.2) is 0 Å². The number of para-hydroxylation sites is 1. The van der Waals surface area contributed by atoms with Gasteiger partial charge >= 0.3 is 5.97 Å². The lowest BCUT2D eigenvalue weighted by Gasteiger charge is -2.23. The summed E-state index contributed by atoms with van der Waals surface area (Å²) in [5.74, 6) is -2.01. The molecule has 0 bridgehead atoms. The normalized spacial score (nSPS) is 13.0. The second-order valence-corrected chi connectivity index (χ2v) is 10.4. The maximum Gasteiger partial charge on any atom is 0.309 e. The number of ether oxygens (including phenoxy) is 2. The van der Waals surface area contributed by atoms with E-state index in [9.17, 15) is 14.4 Å². The van der Waals surface area contributed by atoms with Gasteiger partial charge in [-0.3, -0.25) is 14.4 Å². The average Bonchev–Trinajstić information content (AvgIpc) is 3.42. The Hall–Kier alpha value is -4.21. The third-order valence-electron chi connectivity index (χ3n) is 7.08. The van der Waals surface area contributed by atoms with E-state index in [0.717, 1.165) is 22.0 Å². The highest BCUT2D eigenvalue weighted by atomic mass is 16.5. The van der Waals surface area contributed by atoms with Gasteiger partial charge in [-0.15, -0.1) is 13.2 Å². The maximum atomic E-state index is 13.5. The van der Waals surface area contributed by atoms with Gasteiger partial charge in [-0.2, -0.15) is 0 Å². The third-order valence-corrected chi connectivity index (χ3v) is 7.08. The molecule has 1 heterocycles. The molecule has 0 fully saturated rings. The minimum atomic E-state index is -0.649. The Bertz CT molecular complexity index is 1320. The average molecular weight is 590 g/mol. The van der Waals surface area contributed by atoms with Gasteiger partial charge in [0.1, 0.15) is 6.61 Å². The molecule has 2 amide bonds. The largest absolute Gasteiger partial charge is 0.463 e. The number of carbonyl (C=O) groups is 3. The maximum absolute atomic E-state index is 13.5. The van der Waals surface area contributed by atoms with Crippen LogP contribution in [0.1, 0.15) is 30.4 Å². The molecule has 2 aromatic carbocycles. The van der Waals surface area contributed by atoms with Gasteiger partial charge in [0.05, 0.1) is 37.7 Å². The van der Waals surface area contributed by atoms with Crippen molar-refractivity contribution in [3.63, 3.8) is 0 Å². The Morgan fingerprint density at radius 2 is 1.65 bits per heavy atom. The Morgan fingerprint density at radius 3 is 2.40 bits per heavy atom. The van der Waals surface area contributed by atoms with Gasteiger partial charge in [-0.1, -0.05) is 60.7 Å². The van der Waals surface area contributed by atoms with Crippen molar-refractivity contribution >= 4 is 28.7 Å². The number of hydrogen-bond donors (Lipinski definition) is 4. The van der Waals surface area contributed by atoms with E-state index in [2.05, 4.69) is 28.8 Å². The summed E-state index contributed by atoms with van der Waals surface area (Å²) < 4.78 is 11.0. The van der Waals surface area contributed by atoms with Crippen molar-refractivity contribution in [3.8, 4) is 0 Å². The Morgan fingerprint density at radius 1 is 0.930 bits per heavy atom. The zero-order chi connectivity index (χ0) is 30.9. The van der Waals surface area contributed by atoms with Crippen molar-refractivity contribution in [2.75, 3.05) is 33.0 Å². The van der Waals surface area contributed by atoms with Crippen LogP contribution in [-0.4, -0.2) is 66.9 Å². The number of aromatic amines is 1. The molecule has 0 radical (unpaired) electrons. The van der Waals surface area contributed by atoms with E-state index in [1.165, 1.54) is 0 Å². The van der Waals surface area contributed by atoms with E-state index in [0.29, 0.717) is 25.7 Å². The predicted molar refractivity (Wildman–Crippen MR) is 167 cm³/mol. The van der Waals surface area contributed by atoms with Crippen molar-refractivity contribution < 1.29 is 29.0 Å². The first-order valence-corrected chi connectivity index (χ1v) is 14.7. The highest BCUT2D eigenvalue weighted by molar-refractivity contribution is 5.86. The van der Waals surface area contributed by atoms with Crippen LogP contribution in [-0.2, 0) is 36.7 Å². The number of nitrogens with one attached hydrogen (secondary N) is 3. The Labute approximate surface area is 253 Å². The monoisotopic (exact) mass is 589 g/mol. The highest BCUT2D eigenvalue weighted by Gasteiger charge is 2.26. The van der Waals surface area contributed by atoms with Crippen LogP contribution in [0, 0.1) is 11.8 Å². The molecule has 9 heteroatoms. The van der Waals surface area contributed by atoms with Gasteiger partial charge in [0.25, 0.3) is 0 Å². The molecule has 0 unspecified atom stereocenters. The molecule has 43 heavy (non-hydrogen) atoms. The van der Waals surface area contributed by atoms with E-state index in [1.807, 2.05) is 60.8 Å². The number of fused-ring (bicyclic) bond motifs is 1. The van der Waals surface area contributed by atoms with Crippen LogP contribution >= 0.6 is 0 Å². The van der Waals surface area contributed by atoms with Crippen molar-refractivity contribution in [1.29, 1.82) is 0 Å². The summed E-state index contributed by atoms with van der Waals surface area (Å²) in [6.45, 7) is 8.17. The number of H-pyrrole nitrogens is 1. The second kappa shape index (κ2) is 18.4. The number of esters is 1. The molecular weight excluding hydrogens is 546 g/mol. The molecule has 1 aromatic heterocycles. The molecule has 9 nitrogen and oxygen atoms in total. The fourth-order valence-electron chi connectivity index (χ4n) is 4.91. The summed E-state index contributed by atoms with van der Waals surface area (Å²) in [5, 5.41) is 15.6. The minimum Gasteiger partial charge on any atom is -0.463 e. The van der Waals surface area contributed by atoms with Gasteiger partial charge < -0.3 is 30.2 Å². The van der Waals surface area contributed by atoms with Gasteiger partial charge in [-0.05, 0) is 42.9 Å². The molecule has 230 valence electrons. The van der Waals surface area contributed by atoms with E-state index in [1.54, 1.807) is 12.2 Å². The van der Waals surface area contributed by atoms with E-state index < -0.39 is 17.9 Å². The number of benzene rings is 2. The number of rotatable bonds is 20. The molecule has 3 atom stereocenters. The zero-order valence-electron chi connectivity index (χ0n) is 24.6. The number of aliphatic hydroxyl groups excluding tert-OH is 1. The summed E-state index contributed by atoms with van der Waals surface area (Å²) in [6.07, 6.45) is 6.90. The predicted octanol–water partition coefficient (Wildman–Crippen LogP) is 3.88. The first-order valence-electron chi connectivity index (χ1n) is 14.7. The molecule has 0 aliphatic heterocycles. The number of aliphatic hydroxyl groups is 1. The minimum absolute atomic E-state index is 0.0261. The van der Waals surface area contributed by atoms with Crippen LogP contribution in [0.25, 0.3) is 10.9 Å². The summed E-state index contributed by atoms with van der Waals surface area (Å²) in [7, 11) is 0. The van der Waals surface area contributed by atoms with E-state index >= 15 is 0 Å². The van der Waals surface area contributed by atoms with Crippen molar-refractivity contribution in [3.05, 3.63) is 97.2 Å². The summed E-state index contributed by atoms with van der Waals surface area (Å²) in [5.41, 5.74) is 2.97. The molecule has 0 saturated heterocycles. The number of allylic oxidation sites excluding steroid dienone is 2.